The minimum Gasteiger partial charge on any atom is -0.462 e. The van der Waals surface area contributed by atoms with Gasteiger partial charge in [0.05, 0.1) is 12.6 Å². The molecule has 0 aliphatic rings. The molecule has 0 unspecified atom stereocenters. The zero-order chi connectivity index (χ0) is 12.0. The van der Waals surface area contributed by atoms with Gasteiger partial charge >= 0.3 is 0 Å². The van der Waals surface area contributed by atoms with Crippen LogP contribution in [-0.4, -0.2) is 23.7 Å². The molecule has 1 amide bonds. The summed E-state index contributed by atoms with van der Waals surface area (Å²) in [5.41, 5.74) is 0. The smallest absolute Gasteiger partial charge is 0.244 e. The van der Waals surface area contributed by atoms with Crippen LogP contribution in [0.15, 0.2) is 22.6 Å². The maximum absolute atomic E-state index is 11.4. The largest absolute Gasteiger partial charge is 0.462 e. The van der Waals surface area contributed by atoms with Gasteiger partial charge < -0.3 is 14.8 Å². The summed E-state index contributed by atoms with van der Waals surface area (Å²) >= 11 is 0. The van der Waals surface area contributed by atoms with E-state index in [-0.39, 0.29) is 18.6 Å². The first-order valence-electron chi connectivity index (χ1n) is 5.31. The Morgan fingerprint density at radius 1 is 1.62 bits per heavy atom. The summed E-state index contributed by atoms with van der Waals surface area (Å²) in [7, 11) is 0. The number of hydrogen-bond donors (Lipinski definition) is 2. The predicted molar refractivity (Wildman–Crippen MR) is 61.8 cm³/mol. The molecular weight excluding hydrogens is 206 g/mol. The fourth-order valence-corrected chi connectivity index (χ4v) is 1.23. The van der Waals surface area contributed by atoms with E-state index >= 15 is 0 Å². The third-order valence-electron chi connectivity index (χ3n) is 2.22. The van der Waals surface area contributed by atoms with Crippen LogP contribution in [0.2, 0.25) is 0 Å². The Morgan fingerprint density at radius 3 is 2.88 bits per heavy atom. The molecule has 0 saturated carbocycles. The van der Waals surface area contributed by atoms with E-state index in [1.165, 1.54) is 6.08 Å². The average Bonchev–Trinajstić information content (AvgIpc) is 2.69. The fourth-order valence-electron chi connectivity index (χ4n) is 1.23. The Morgan fingerprint density at radius 2 is 2.38 bits per heavy atom. The van der Waals surface area contributed by atoms with Crippen molar-refractivity contribution in [1.82, 2.24) is 5.32 Å². The number of amides is 1. The lowest BCUT2D eigenvalue weighted by Crippen LogP contribution is -2.35. The lowest BCUT2D eigenvalue weighted by Gasteiger charge is -2.11. The highest BCUT2D eigenvalue weighted by Crippen LogP contribution is 2.07. The zero-order valence-electron chi connectivity index (χ0n) is 9.56. The molecule has 1 aromatic rings. The number of nitrogens with one attached hydrogen (secondary N) is 1. The molecule has 0 saturated heterocycles. The zero-order valence-corrected chi connectivity index (χ0v) is 9.56. The lowest BCUT2D eigenvalue weighted by atomic mass is 10.2. The molecule has 1 rings (SSSR count). The van der Waals surface area contributed by atoms with Crippen molar-refractivity contribution in [2.24, 2.45) is 0 Å². The Labute approximate surface area is 95.0 Å². The van der Waals surface area contributed by atoms with Crippen molar-refractivity contribution in [3.8, 4) is 0 Å². The lowest BCUT2D eigenvalue weighted by molar-refractivity contribution is -0.117. The van der Waals surface area contributed by atoms with Crippen molar-refractivity contribution in [3.63, 3.8) is 0 Å². The molecule has 0 aliphatic carbocycles. The molecule has 0 bridgehead atoms. The number of carbonyl (C=O) groups excluding carboxylic acids is 1. The highest BCUT2D eigenvalue weighted by molar-refractivity contribution is 5.91. The monoisotopic (exact) mass is 223 g/mol. The Kier molecular flexibility index (Phi) is 4.79. The standard InChI is InChI=1S/C12H17NO3/c1-3-10(8-14)13-12(15)7-6-11-5-4-9(2)16-11/h4-7,10,14H,3,8H2,1-2H3,(H,13,15)/b7-6+/t10-/m1/s1. The third kappa shape index (κ3) is 3.90. The molecule has 0 aromatic carbocycles. The summed E-state index contributed by atoms with van der Waals surface area (Å²) in [6.07, 6.45) is 3.71. The molecule has 4 heteroatoms. The molecule has 16 heavy (non-hydrogen) atoms. The van der Waals surface area contributed by atoms with E-state index in [0.29, 0.717) is 12.2 Å². The Bertz CT molecular complexity index is 364. The Hall–Kier alpha value is -1.55. The van der Waals surface area contributed by atoms with Crippen LogP contribution in [-0.2, 0) is 4.79 Å². The first-order valence-corrected chi connectivity index (χ1v) is 5.31. The van der Waals surface area contributed by atoms with Crippen molar-refractivity contribution in [2.75, 3.05) is 6.61 Å². The summed E-state index contributed by atoms with van der Waals surface area (Å²) in [5, 5.41) is 11.6. The van der Waals surface area contributed by atoms with Gasteiger partial charge in [0.2, 0.25) is 5.91 Å². The molecule has 4 nitrogen and oxygen atoms in total. The summed E-state index contributed by atoms with van der Waals surface area (Å²) in [5.74, 6) is 1.22. The molecular formula is C12H17NO3. The van der Waals surface area contributed by atoms with E-state index < -0.39 is 0 Å². The third-order valence-corrected chi connectivity index (χ3v) is 2.22. The van der Waals surface area contributed by atoms with Gasteiger partial charge in [-0.25, -0.2) is 0 Å². The molecule has 1 atom stereocenters. The molecule has 0 spiro atoms. The molecule has 0 fully saturated rings. The molecule has 0 aliphatic heterocycles. The van der Waals surface area contributed by atoms with Crippen LogP contribution >= 0.6 is 0 Å². The van der Waals surface area contributed by atoms with Crippen LogP contribution in [0.4, 0.5) is 0 Å². The van der Waals surface area contributed by atoms with Crippen molar-refractivity contribution >= 4 is 12.0 Å². The van der Waals surface area contributed by atoms with Crippen LogP contribution in [0.1, 0.15) is 24.9 Å². The first-order chi connectivity index (χ1) is 7.65. The highest BCUT2D eigenvalue weighted by Gasteiger charge is 2.06. The molecule has 1 aromatic heterocycles. The number of aliphatic hydroxyl groups excluding tert-OH is 1. The maximum atomic E-state index is 11.4. The van der Waals surface area contributed by atoms with Crippen LogP contribution in [0.25, 0.3) is 6.08 Å². The van der Waals surface area contributed by atoms with Crippen molar-refractivity contribution in [3.05, 3.63) is 29.7 Å². The van der Waals surface area contributed by atoms with Gasteiger partial charge in [0.1, 0.15) is 11.5 Å². The van der Waals surface area contributed by atoms with Gasteiger partial charge in [-0.3, -0.25) is 4.79 Å². The van der Waals surface area contributed by atoms with E-state index in [9.17, 15) is 4.79 Å². The number of rotatable bonds is 5. The normalized spacial score (nSPS) is 12.9. The van der Waals surface area contributed by atoms with E-state index in [0.717, 1.165) is 5.76 Å². The minimum absolute atomic E-state index is 0.0457. The minimum atomic E-state index is -0.227. The predicted octanol–water partition coefficient (Wildman–Crippen LogP) is 1.49. The first kappa shape index (κ1) is 12.5. The van der Waals surface area contributed by atoms with Crippen LogP contribution in [0.3, 0.4) is 0 Å². The maximum Gasteiger partial charge on any atom is 0.244 e. The van der Waals surface area contributed by atoms with E-state index in [2.05, 4.69) is 5.32 Å². The van der Waals surface area contributed by atoms with Crippen LogP contribution in [0.5, 0.6) is 0 Å². The molecule has 1 heterocycles. The number of carbonyl (C=O) groups is 1. The van der Waals surface area contributed by atoms with Crippen LogP contribution < -0.4 is 5.32 Å². The van der Waals surface area contributed by atoms with Gasteiger partial charge in [0.25, 0.3) is 0 Å². The van der Waals surface area contributed by atoms with Gasteiger partial charge in [0, 0.05) is 6.08 Å². The number of furan rings is 1. The second-order valence-corrected chi connectivity index (χ2v) is 3.58. The second kappa shape index (κ2) is 6.12. The molecule has 0 radical (unpaired) electrons. The Balaban J connectivity index is 2.48. The van der Waals surface area contributed by atoms with Crippen LogP contribution in [0, 0.1) is 6.92 Å². The van der Waals surface area contributed by atoms with E-state index in [4.69, 9.17) is 9.52 Å². The second-order valence-electron chi connectivity index (χ2n) is 3.58. The summed E-state index contributed by atoms with van der Waals surface area (Å²) in [6.45, 7) is 3.70. The summed E-state index contributed by atoms with van der Waals surface area (Å²) in [6, 6.07) is 3.44. The quantitative estimate of drug-likeness (QED) is 0.743. The summed E-state index contributed by atoms with van der Waals surface area (Å²) < 4.78 is 5.28. The topological polar surface area (TPSA) is 62.5 Å². The van der Waals surface area contributed by atoms with E-state index in [1.807, 2.05) is 19.9 Å². The average molecular weight is 223 g/mol. The van der Waals surface area contributed by atoms with Gasteiger partial charge in [-0.05, 0) is 31.6 Å². The fraction of sp³-hybridized carbons (Fsp3) is 0.417. The van der Waals surface area contributed by atoms with Gasteiger partial charge in [-0.1, -0.05) is 6.92 Å². The summed E-state index contributed by atoms with van der Waals surface area (Å²) in [4.78, 5) is 11.4. The van der Waals surface area contributed by atoms with Gasteiger partial charge in [-0.15, -0.1) is 0 Å². The van der Waals surface area contributed by atoms with Gasteiger partial charge in [0.15, 0.2) is 0 Å². The SMILES string of the molecule is CC[C@H](CO)NC(=O)/C=C/c1ccc(C)o1. The van der Waals surface area contributed by atoms with Crippen molar-refractivity contribution in [1.29, 1.82) is 0 Å². The van der Waals surface area contributed by atoms with Gasteiger partial charge in [-0.2, -0.15) is 0 Å². The number of aryl methyl sites for hydroxylation is 1. The number of aliphatic hydroxyl groups is 1. The van der Waals surface area contributed by atoms with Crippen molar-refractivity contribution < 1.29 is 14.3 Å². The number of hydrogen-bond acceptors (Lipinski definition) is 3. The highest BCUT2D eigenvalue weighted by atomic mass is 16.3. The molecule has 88 valence electrons. The van der Waals surface area contributed by atoms with Crippen molar-refractivity contribution in [2.45, 2.75) is 26.3 Å². The van der Waals surface area contributed by atoms with E-state index in [1.54, 1.807) is 12.1 Å². The molecule has 2 N–H and O–H groups in total.